The van der Waals surface area contributed by atoms with Crippen molar-refractivity contribution in [2.75, 3.05) is 20.1 Å². The lowest BCUT2D eigenvalue weighted by Gasteiger charge is -2.52. The number of likely N-dealkylation sites (tertiary alicyclic amines) is 1. The lowest BCUT2D eigenvalue weighted by Crippen LogP contribution is -2.51. The lowest BCUT2D eigenvalue weighted by molar-refractivity contribution is -0.00801. The largest absolute Gasteiger partial charge is 0.378 e. The smallest absolute Gasteiger partial charge is 0.251 e. The molecule has 4 atom stereocenters. The third-order valence-electron chi connectivity index (χ3n) is 9.17. The molecule has 0 aromatic heterocycles. The number of aryl methyl sites for hydroxylation is 1. The van der Waals surface area contributed by atoms with Crippen LogP contribution in [-0.2, 0) is 18.3 Å². The molecule has 0 radical (unpaired) electrons. The van der Waals surface area contributed by atoms with Crippen LogP contribution in [0.25, 0.3) is 0 Å². The van der Waals surface area contributed by atoms with Crippen LogP contribution >= 0.6 is 0 Å². The number of fused-ring (bicyclic) bond motifs is 3. The second-order valence-electron chi connectivity index (χ2n) is 11.4. The van der Waals surface area contributed by atoms with E-state index in [9.17, 15) is 9.90 Å². The van der Waals surface area contributed by atoms with Crippen molar-refractivity contribution in [1.82, 2.24) is 10.2 Å². The highest BCUT2D eigenvalue weighted by Gasteiger charge is 2.51. The molecule has 3 aliphatic rings. The summed E-state index contributed by atoms with van der Waals surface area (Å²) in [7, 11) is 2.18. The van der Waals surface area contributed by atoms with Gasteiger partial charge in [-0.05, 0) is 113 Å². The molecule has 1 saturated heterocycles. The van der Waals surface area contributed by atoms with E-state index in [2.05, 4.69) is 71.6 Å². The van der Waals surface area contributed by atoms with Crippen LogP contribution in [0, 0.1) is 17.8 Å². The van der Waals surface area contributed by atoms with Gasteiger partial charge in [-0.3, -0.25) is 4.79 Å². The maximum absolute atomic E-state index is 13.0. The SMILES string of the molecule is CC#C[C@@]1(O)CC[C@@]2(Cc3ccccc3)c3ccc(C(=O)NCCC4CCCN4C)cc3CC[C@@H]2C1. The van der Waals surface area contributed by atoms with E-state index in [4.69, 9.17) is 0 Å². The number of aliphatic hydroxyl groups is 1. The van der Waals surface area contributed by atoms with E-state index in [1.54, 1.807) is 0 Å². The Bertz CT molecular complexity index is 1150. The highest BCUT2D eigenvalue weighted by Crippen LogP contribution is 2.54. The standard InChI is InChI=1S/C32H40N2O2/c1-3-16-31(36)17-18-32(22-24-8-5-4-6-9-24)27(23-31)13-11-25-21-26(12-14-29(25)32)30(35)33-19-15-28-10-7-20-34(28)2/h4-6,8-9,12,14,21,27-28,36H,7,10-11,13,15,17-20,22-23H2,1-2H3,(H,33,35)/t27-,28?,31-,32+/m1/s1. The minimum atomic E-state index is -0.885. The Balaban J connectivity index is 1.38. The molecule has 2 aromatic rings. The Morgan fingerprint density at radius 1 is 1.17 bits per heavy atom. The van der Waals surface area contributed by atoms with Crippen molar-refractivity contribution >= 4 is 5.91 Å². The van der Waals surface area contributed by atoms with Gasteiger partial charge in [0, 0.05) is 23.6 Å². The number of rotatable bonds is 6. The lowest BCUT2D eigenvalue weighted by atomic mass is 9.52. The Morgan fingerprint density at radius 3 is 2.75 bits per heavy atom. The average Bonchev–Trinajstić information content (AvgIpc) is 3.29. The predicted molar refractivity (Wildman–Crippen MR) is 145 cm³/mol. The van der Waals surface area contributed by atoms with E-state index in [-0.39, 0.29) is 11.3 Å². The zero-order chi connectivity index (χ0) is 25.2. The summed E-state index contributed by atoms with van der Waals surface area (Å²) in [5.41, 5.74) is 3.87. The van der Waals surface area contributed by atoms with E-state index in [1.165, 1.54) is 29.5 Å². The average molecular weight is 485 g/mol. The molecule has 0 bridgehead atoms. The van der Waals surface area contributed by atoms with Crippen molar-refractivity contribution in [2.24, 2.45) is 5.92 Å². The monoisotopic (exact) mass is 484 g/mol. The first-order chi connectivity index (χ1) is 17.4. The molecule has 4 heteroatoms. The first kappa shape index (κ1) is 25.1. The number of nitrogens with zero attached hydrogens (tertiary/aromatic N) is 1. The molecule has 4 nitrogen and oxygen atoms in total. The summed E-state index contributed by atoms with van der Waals surface area (Å²) in [5.74, 6) is 6.48. The Morgan fingerprint density at radius 2 is 2.00 bits per heavy atom. The minimum Gasteiger partial charge on any atom is -0.378 e. The molecule has 1 saturated carbocycles. The number of amides is 1. The summed E-state index contributed by atoms with van der Waals surface area (Å²) < 4.78 is 0. The Hall–Kier alpha value is -2.61. The van der Waals surface area contributed by atoms with Crippen LogP contribution in [0.3, 0.4) is 0 Å². The van der Waals surface area contributed by atoms with Gasteiger partial charge in [0.05, 0.1) is 0 Å². The van der Waals surface area contributed by atoms with E-state index >= 15 is 0 Å². The van der Waals surface area contributed by atoms with Gasteiger partial charge in [-0.1, -0.05) is 42.3 Å². The molecule has 36 heavy (non-hydrogen) atoms. The van der Waals surface area contributed by atoms with Crippen LogP contribution in [0.5, 0.6) is 0 Å². The summed E-state index contributed by atoms with van der Waals surface area (Å²) in [5, 5.41) is 14.4. The van der Waals surface area contributed by atoms with Crippen molar-refractivity contribution in [1.29, 1.82) is 0 Å². The summed E-state index contributed by atoms with van der Waals surface area (Å²) in [6, 6.07) is 17.7. The van der Waals surface area contributed by atoms with Gasteiger partial charge in [0.2, 0.25) is 0 Å². The zero-order valence-electron chi connectivity index (χ0n) is 21.9. The van der Waals surface area contributed by atoms with Crippen molar-refractivity contribution in [3.05, 3.63) is 70.8 Å². The number of nitrogens with one attached hydrogen (secondary N) is 1. The number of carbonyl (C=O) groups excluding carboxylic acids is 1. The second-order valence-corrected chi connectivity index (χ2v) is 11.4. The molecule has 2 aromatic carbocycles. The number of carbonyl (C=O) groups is 1. The second kappa shape index (κ2) is 10.4. The van der Waals surface area contributed by atoms with Crippen LogP contribution in [0.1, 0.15) is 78.9 Å². The fraction of sp³-hybridized carbons (Fsp3) is 0.531. The summed E-state index contributed by atoms with van der Waals surface area (Å²) in [6.07, 6.45) is 8.74. The third kappa shape index (κ3) is 4.97. The fourth-order valence-electron chi connectivity index (χ4n) is 7.26. The molecule has 2 aliphatic carbocycles. The molecule has 1 aliphatic heterocycles. The summed E-state index contributed by atoms with van der Waals surface area (Å²) >= 11 is 0. The van der Waals surface area contributed by atoms with E-state index in [1.807, 2.05) is 13.0 Å². The van der Waals surface area contributed by atoms with E-state index in [0.717, 1.165) is 57.2 Å². The minimum absolute atomic E-state index is 0.0291. The number of hydrogen-bond acceptors (Lipinski definition) is 3. The van der Waals surface area contributed by atoms with Gasteiger partial charge < -0.3 is 15.3 Å². The van der Waals surface area contributed by atoms with Gasteiger partial charge in [0.1, 0.15) is 5.60 Å². The Kier molecular flexibility index (Phi) is 7.24. The first-order valence-electron chi connectivity index (χ1n) is 13.7. The van der Waals surface area contributed by atoms with Gasteiger partial charge in [-0.2, -0.15) is 0 Å². The van der Waals surface area contributed by atoms with Gasteiger partial charge in [0.15, 0.2) is 0 Å². The van der Waals surface area contributed by atoms with Gasteiger partial charge >= 0.3 is 0 Å². The summed E-state index contributed by atoms with van der Waals surface area (Å²) in [6.45, 7) is 3.71. The highest BCUT2D eigenvalue weighted by atomic mass is 16.3. The molecule has 1 unspecified atom stereocenters. The molecule has 0 spiro atoms. The van der Waals surface area contributed by atoms with Crippen molar-refractivity contribution < 1.29 is 9.90 Å². The number of benzene rings is 2. The molecule has 190 valence electrons. The molecule has 2 fully saturated rings. The Labute approximate surface area is 216 Å². The molecule has 2 N–H and O–H groups in total. The van der Waals surface area contributed by atoms with Gasteiger partial charge in [0.25, 0.3) is 5.91 Å². The van der Waals surface area contributed by atoms with E-state index in [0.29, 0.717) is 18.4 Å². The maximum atomic E-state index is 13.0. The molecule has 1 amide bonds. The molecule has 5 rings (SSSR count). The van der Waals surface area contributed by atoms with Crippen LogP contribution < -0.4 is 5.32 Å². The molecule has 1 heterocycles. The quantitative estimate of drug-likeness (QED) is 0.575. The maximum Gasteiger partial charge on any atom is 0.251 e. The van der Waals surface area contributed by atoms with Gasteiger partial charge in [-0.15, -0.1) is 5.92 Å². The van der Waals surface area contributed by atoms with Crippen LogP contribution in [0.2, 0.25) is 0 Å². The number of hydrogen-bond donors (Lipinski definition) is 2. The molecular formula is C32H40N2O2. The van der Waals surface area contributed by atoms with Gasteiger partial charge in [-0.25, -0.2) is 0 Å². The van der Waals surface area contributed by atoms with Crippen LogP contribution in [-0.4, -0.2) is 47.7 Å². The highest BCUT2D eigenvalue weighted by molar-refractivity contribution is 5.94. The fourth-order valence-corrected chi connectivity index (χ4v) is 7.26. The summed E-state index contributed by atoms with van der Waals surface area (Å²) in [4.78, 5) is 15.4. The van der Waals surface area contributed by atoms with Crippen molar-refractivity contribution in [3.8, 4) is 11.8 Å². The van der Waals surface area contributed by atoms with E-state index < -0.39 is 5.60 Å². The van der Waals surface area contributed by atoms with Crippen molar-refractivity contribution in [2.45, 2.75) is 81.8 Å². The van der Waals surface area contributed by atoms with Crippen molar-refractivity contribution in [3.63, 3.8) is 0 Å². The van der Waals surface area contributed by atoms with Crippen LogP contribution in [0.4, 0.5) is 0 Å². The topological polar surface area (TPSA) is 52.6 Å². The molecular weight excluding hydrogens is 444 g/mol. The first-order valence-corrected chi connectivity index (χ1v) is 13.7. The normalized spacial score (nSPS) is 29.5. The van der Waals surface area contributed by atoms with Crippen LogP contribution in [0.15, 0.2) is 48.5 Å². The third-order valence-corrected chi connectivity index (χ3v) is 9.17. The zero-order valence-corrected chi connectivity index (χ0v) is 21.9. The predicted octanol–water partition coefficient (Wildman–Crippen LogP) is 4.88.